The molecule has 7 heteroatoms. The Morgan fingerprint density at radius 1 is 1.30 bits per heavy atom. The molecule has 1 aromatic carbocycles. The molecule has 1 fully saturated rings. The SMILES string of the molecule is CCN(C)CCNC(=NC)NCC(c1cccc(OC)c1)N1CCCC1.I. The third-order valence-corrected chi connectivity index (χ3v) is 5.07. The van der Waals surface area contributed by atoms with E-state index < -0.39 is 0 Å². The predicted octanol–water partition coefficient (Wildman–Crippen LogP) is 2.57. The molecule has 0 bridgehead atoms. The van der Waals surface area contributed by atoms with Gasteiger partial charge in [0.15, 0.2) is 5.96 Å². The molecule has 1 unspecified atom stereocenters. The van der Waals surface area contributed by atoms with Gasteiger partial charge in [-0.3, -0.25) is 9.89 Å². The molecule has 27 heavy (non-hydrogen) atoms. The molecule has 1 saturated heterocycles. The van der Waals surface area contributed by atoms with E-state index in [1.165, 1.54) is 18.4 Å². The number of nitrogens with one attached hydrogen (secondary N) is 2. The summed E-state index contributed by atoms with van der Waals surface area (Å²) in [6.45, 7) is 8.24. The first kappa shape index (κ1) is 24.0. The molecule has 0 saturated carbocycles. The van der Waals surface area contributed by atoms with E-state index in [1.54, 1.807) is 7.11 Å². The lowest BCUT2D eigenvalue weighted by molar-refractivity contribution is 0.245. The van der Waals surface area contributed by atoms with E-state index in [-0.39, 0.29) is 24.0 Å². The highest BCUT2D eigenvalue weighted by Gasteiger charge is 2.24. The molecule has 1 aromatic rings. The molecule has 0 spiro atoms. The van der Waals surface area contributed by atoms with Crippen molar-refractivity contribution in [2.45, 2.75) is 25.8 Å². The second-order valence-corrected chi connectivity index (χ2v) is 6.81. The predicted molar refractivity (Wildman–Crippen MR) is 124 cm³/mol. The highest BCUT2D eigenvalue weighted by Crippen LogP contribution is 2.27. The van der Waals surface area contributed by atoms with Gasteiger partial charge in [0.25, 0.3) is 0 Å². The summed E-state index contributed by atoms with van der Waals surface area (Å²) in [4.78, 5) is 9.21. The van der Waals surface area contributed by atoms with Crippen molar-refractivity contribution in [1.82, 2.24) is 20.4 Å². The van der Waals surface area contributed by atoms with Gasteiger partial charge in [0, 0.05) is 26.7 Å². The number of ether oxygens (including phenoxy) is 1. The largest absolute Gasteiger partial charge is 0.497 e. The summed E-state index contributed by atoms with van der Waals surface area (Å²) in [6.07, 6.45) is 2.55. The third kappa shape index (κ3) is 7.83. The normalized spacial score (nSPS) is 16.1. The lowest BCUT2D eigenvalue weighted by atomic mass is 10.1. The van der Waals surface area contributed by atoms with E-state index in [4.69, 9.17) is 4.74 Å². The van der Waals surface area contributed by atoms with Crippen molar-refractivity contribution in [2.75, 3.05) is 60.5 Å². The Morgan fingerprint density at radius 2 is 2.04 bits per heavy atom. The van der Waals surface area contributed by atoms with Gasteiger partial charge in [-0.1, -0.05) is 19.1 Å². The van der Waals surface area contributed by atoms with E-state index >= 15 is 0 Å². The molecule has 0 aliphatic carbocycles. The fourth-order valence-electron chi connectivity index (χ4n) is 3.30. The zero-order valence-electron chi connectivity index (χ0n) is 17.2. The third-order valence-electron chi connectivity index (χ3n) is 5.07. The van der Waals surface area contributed by atoms with Gasteiger partial charge >= 0.3 is 0 Å². The van der Waals surface area contributed by atoms with Crippen molar-refractivity contribution >= 4 is 29.9 Å². The first-order valence-electron chi connectivity index (χ1n) is 9.69. The number of nitrogens with zero attached hydrogens (tertiary/aromatic N) is 3. The van der Waals surface area contributed by atoms with Crippen LogP contribution in [-0.2, 0) is 0 Å². The van der Waals surface area contributed by atoms with E-state index in [0.717, 1.165) is 51.0 Å². The summed E-state index contributed by atoms with van der Waals surface area (Å²) >= 11 is 0. The Kier molecular flexibility index (Phi) is 11.7. The van der Waals surface area contributed by atoms with Crippen LogP contribution in [0.3, 0.4) is 0 Å². The van der Waals surface area contributed by atoms with Crippen LogP contribution in [0.1, 0.15) is 31.4 Å². The van der Waals surface area contributed by atoms with Crippen LogP contribution in [0.15, 0.2) is 29.3 Å². The van der Waals surface area contributed by atoms with E-state index in [0.29, 0.717) is 6.04 Å². The highest BCUT2D eigenvalue weighted by atomic mass is 127. The minimum absolute atomic E-state index is 0. The fraction of sp³-hybridized carbons (Fsp3) is 0.650. The first-order chi connectivity index (χ1) is 12.7. The number of rotatable bonds is 9. The van der Waals surface area contributed by atoms with Crippen LogP contribution in [-0.4, -0.2) is 76.2 Å². The standard InChI is InChI=1S/C20H35N5O.HI/c1-5-24(3)14-11-22-20(21-2)23-16-19(25-12-6-7-13-25)17-9-8-10-18(15-17)26-4;/h8-10,15,19H,5-7,11-14,16H2,1-4H3,(H2,21,22,23);1H. The summed E-state index contributed by atoms with van der Waals surface area (Å²) in [5.74, 6) is 1.78. The first-order valence-corrected chi connectivity index (χ1v) is 9.69. The van der Waals surface area contributed by atoms with E-state index in [9.17, 15) is 0 Å². The summed E-state index contributed by atoms with van der Waals surface area (Å²) in [7, 11) is 5.68. The molecule has 154 valence electrons. The van der Waals surface area contributed by atoms with Crippen LogP contribution < -0.4 is 15.4 Å². The molecule has 0 aromatic heterocycles. The highest BCUT2D eigenvalue weighted by molar-refractivity contribution is 14.0. The number of benzene rings is 1. The maximum atomic E-state index is 5.42. The van der Waals surface area contributed by atoms with Crippen molar-refractivity contribution in [2.24, 2.45) is 4.99 Å². The maximum absolute atomic E-state index is 5.42. The Hall–Kier alpha value is -1.06. The molecule has 2 N–H and O–H groups in total. The van der Waals surface area contributed by atoms with Crippen LogP contribution in [0, 0.1) is 0 Å². The average molecular weight is 489 g/mol. The maximum Gasteiger partial charge on any atom is 0.191 e. The van der Waals surface area contributed by atoms with Crippen molar-refractivity contribution in [1.29, 1.82) is 0 Å². The molecule has 6 nitrogen and oxygen atoms in total. The monoisotopic (exact) mass is 489 g/mol. The van der Waals surface area contributed by atoms with Crippen LogP contribution in [0.2, 0.25) is 0 Å². The molecule has 0 radical (unpaired) electrons. The summed E-state index contributed by atoms with van der Waals surface area (Å²) in [5.41, 5.74) is 1.29. The van der Waals surface area contributed by atoms with Crippen molar-refractivity contribution < 1.29 is 4.74 Å². The van der Waals surface area contributed by atoms with Gasteiger partial charge in [0.2, 0.25) is 0 Å². The molecule has 2 rings (SSSR count). The fourth-order valence-corrected chi connectivity index (χ4v) is 3.30. The topological polar surface area (TPSA) is 52.1 Å². The zero-order valence-corrected chi connectivity index (χ0v) is 19.5. The van der Waals surface area contributed by atoms with Crippen LogP contribution in [0.25, 0.3) is 0 Å². The quantitative estimate of drug-likeness (QED) is 0.317. The molecule has 1 aliphatic rings. The molecule has 1 aliphatic heterocycles. The smallest absolute Gasteiger partial charge is 0.191 e. The van der Waals surface area contributed by atoms with E-state index in [2.05, 4.69) is 57.6 Å². The summed E-state index contributed by atoms with van der Waals surface area (Å²) < 4.78 is 5.42. The second-order valence-electron chi connectivity index (χ2n) is 6.81. The van der Waals surface area contributed by atoms with Gasteiger partial charge in [-0.25, -0.2) is 0 Å². The lowest BCUT2D eigenvalue weighted by Crippen LogP contribution is -2.44. The number of halogens is 1. The Labute approximate surface area is 181 Å². The molecular weight excluding hydrogens is 453 g/mol. The Bertz CT molecular complexity index is 563. The molecule has 1 atom stereocenters. The number of hydrogen-bond acceptors (Lipinski definition) is 4. The number of aliphatic imine (C=N–C) groups is 1. The molecule has 0 amide bonds. The van der Waals surface area contributed by atoms with Gasteiger partial charge in [0.1, 0.15) is 5.75 Å². The number of likely N-dealkylation sites (N-methyl/N-ethyl adjacent to an activating group) is 1. The summed E-state index contributed by atoms with van der Waals surface area (Å²) in [6, 6.07) is 8.74. The Balaban J connectivity index is 0.00000364. The van der Waals surface area contributed by atoms with Gasteiger partial charge in [-0.2, -0.15) is 0 Å². The molecule has 1 heterocycles. The van der Waals surface area contributed by atoms with Crippen LogP contribution in [0.5, 0.6) is 5.75 Å². The number of hydrogen-bond donors (Lipinski definition) is 2. The second kappa shape index (κ2) is 13.2. The van der Waals surface area contributed by atoms with Crippen LogP contribution in [0.4, 0.5) is 0 Å². The van der Waals surface area contributed by atoms with Crippen LogP contribution >= 0.6 is 24.0 Å². The lowest BCUT2D eigenvalue weighted by Gasteiger charge is -2.29. The number of methoxy groups -OCH3 is 1. The average Bonchev–Trinajstić information content (AvgIpc) is 3.21. The van der Waals surface area contributed by atoms with Crippen molar-refractivity contribution in [3.63, 3.8) is 0 Å². The van der Waals surface area contributed by atoms with Gasteiger partial charge < -0.3 is 20.3 Å². The van der Waals surface area contributed by atoms with Crippen molar-refractivity contribution in [3.05, 3.63) is 29.8 Å². The van der Waals surface area contributed by atoms with Crippen molar-refractivity contribution in [3.8, 4) is 5.75 Å². The zero-order chi connectivity index (χ0) is 18.8. The Morgan fingerprint density at radius 3 is 2.67 bits per heavy atom. The number of likely N-dealkylation sites (tertiary alicyclic amines) is 1. The van der Waals surface area contributed by atoms with Gasteiger partial charge in [-0.15, -0.1) is 24.0 Å². The van der Waals surface area contributed by atoms with Gasteiger partial charge in [0.05, 0.1) is 13.2 Å². The summed E-state index contributed by atoms with van der Waals surface area (Å²) in [5, 5.41) is 6.92. The number of guanidine groups is 1. The van der Waals surface area contributed by atoms with Gasteiger partial charge in [-0.05, 0) is 57.2 Å². The van der Waals surface area contributed by atoms with E-state index in [1.807, 2.05) is 13.1 Å². The molecular formula is C20H36IN5O. The minimum Gasteiger partial charge on any atom is -0.497 e. The minimum atomic E-state index is 0.